The molecule has 0 bridgehead atoms. The van der Waals surface area contributed by atoms with Gasteiger partial charge >= 0.3 is 0 Å². The third-order valence-corrected chi connectivity index (χ3v) is 2.95. The summed E-state index contributed by atoms with van der Waals surface area (Å²) in [5.74, 6) is 1.25. The second-order valence-electron chi connectivity index (χ2n) is 4.48. The van der Waals surface area contributed by atoms with Gasteiger partial charge in [0.15, 0.2) is 0 Å². The number of rotatable bonds is 4. The molecule has 1 aromatic carbocycles. The van der Waals surface area contributed by atoms with Crippen molar-refractivity contribution in [3.05, 3.63) is 58.8 Å². The molecule has 1 aromatic heterocycles. The lowest BCUT2D eigenvalue weighted by atomic mass is 10.1. The Morgan fingerprint density at radius 2 is 2.16 bits per heavy atom. The van der Waals surface area contributed by atoms with Gasteiger partial charge in [0.1, 0.15) is 23.4 Å². The van der Waals surface area contributed by atoms with E-state index in [0.717, 1.165) is 17.1 Å². The predicted octanol–water partition coefficient (Wildman–Crippen LogP) is 3.45. The SMILES string of the molecule is Cc1ccc(C(C)NCc2ccc(F)c(C#N)c2)o1. The van der Waals surface area contributed by atoms with Crippen molar-refractivity contribution in [1.82, 2.24) is 5.32 Å². The summed E-state index contributed by atoms with van der Waals surface area (Å²) >= 11 is 0. The fourth-order valence-corrected chi connectivity index (χ4v) is 1.83. The summed E-state index contributed by atoms with van der Waals surface area (Å²) in [6, 6.07) is 10.3. The smallest absolute Gasteiger partial charge is 0.140 e. The molecule has 1 unspecified atom stereocenters. The molecule has 0 aliphatic carbocycles. The number of nitrogens with zero attached hydrogens (tertiary/aromatic N) is 1. The zero-order valence-electron chi connectivity index (χ0n) is 10.9. The minimum atomic E-state index is -0.485. The topological polar surface area (TPSA) is 49.0 Å². The van der Waals surface area contributed by atoms with Gasteiger partial charge in [-0.25, -0.2) is 4.39 Å². The quantitative estimate of drug-likeness (QED) is 0.913. The molecule has 19 heavy (non-hydrogen) atoms. The molecule has 0 saturated heterocycles. The summed E-state index contributed by atoms with van der Waals surface area (Å²) in [6.45, 7) is 4.44. The number of nitriles is 1. The van der Waals surface area contributed by atoms with Crippen molar-refractivity contribution in [2.24, 2.45) is 0 Å². The Morgan fingerprint density at radius 3 is 2.79 bits per heavy atom. The first-order valence-electron chi connectivity index (χ1n) is 6.08. The molecular formula is C15H15FN2O. The number of halogens is 1. The fourth-order valence-electron chi connectivity index (χ4n) is 1.83. The number of furan rings is 1. The molecule has 2 aromatic rings. The minimum absolute atomic E-state index is 0.0595. The van der Waals surface area contributed by atoms with Crippen LogP contribution in [0.3, 0.4) is 0 Å². The van der Waals surface area contributed by atoms with Crippen molar-refractivity contribution < 1.29 is 8.81 Å². The van der Waals surface area contributed by atoms with Gasteiger partial charge in [0.2, 0.25) is 0 Å². The zero-order valence-corrected chi connectivity index (χ0v) is 10.9. The molecule has 0 spiro atoms. The van der Waals surface area contributed by atoms with E-state index in [1.54, 1.807) is 12.1 Å². The average molecular weight is 258 g/mol. The van der Waals surface area contributed by atoms with Crippen LogP contribution in [-0.4, -0.2) is 0 Å². The fraction of sp³-hybridized carbons (Fsp3) is 0.267. The van der Waals surface area contributed by atoms with Crippen LogP contribution in [0.1, 0.15) is 35.6 Å². The first kappa shape index (κ1) is 13.3. The van der Waals surface area contributed by atoms with Gasteiger partial charge in [-0.3, -0.25) is 0 Å². The summed E-state index contributed by atoms with van der Waals surface area (Å²) in [6.07, 6.45) is 0. The lowest BCUT2D eigenvalue weighted by Gasteiger charge is -2.11. The van der Waals surface area contributed by atoms with Crippen LogP contribution >= 0.6 is 0 Å². The van der Waals surface area contributed by atoms with Gasteiger partial charge in [-0.2, -0.15) is 5.26 Å². The van der Waals surface area contributed by atoms with Crippen molar-refractivity contribution in [3.63, 3.8) is 0 Å². The Balaban J connectivity index is 2.01. The molecule has 4 heteroatoms. The molecule has 0 aliphatic heterocycles. The van der Waals surface area contributed by atoms with Crippen molar-refractivity contribution in [3.8, 4) is 6.07 Å². The molecule has 0 amide bonds. The van der Waals surface area contributed by atoms with E-state index < -0.39 is 5.82 Å². The highest BCUT2D eigenvalue weighted by Crippen LogP contribution is 2.16. The normalized spacial score (nSPS) is 12.1. The maximum atomic E-state index is 13.2. The van der Waals surface area contributed by atoms with Crippen LogP contribution in [0.5, 0.6) is 0 Å². The van der Waals surface area contributed by atoms with Gasteiger partial charge in [0.25, 0.3) is 0 Å². The maximum absolute atomic E-state index is 13.2. The highest BCUT2D eigenvalue weighted by Gasteiger charge is 2.09. The van der Waals surface area contributed by atoms with Gasteiger partial charge in [-0.05, 0) is 43.7 Å². The average Bonchev–Trinajstić information content (AvgIpc) is 2.84. The standard InChI is InChI=1S/C15H15FN2O/c1-10-3-6-15(19-10)11(2)18-9-12-4-5-14(16)13(7-12)8-17/h3-7,11,18H,9H2,1-2H3. The summed E-state index contributed by atoms with van der Waals surface area (Å²) in [5, 5.41) is 12.0. The van der Waals surface area contributed by atoms with Gasteiger partial charge in [-0.15, -0.1) is 0 Å². The highest BCUT2D eigenvalue weighted by molar-refractivity contribution is 5.34. The van der Waals surface area contributed by atoms with Crippen molar-refractivity contribution in [1.29, 1.82) is 5.26 Å². The van der Waals surface area contributed by atoms with Crippen LogP contribution in [0.25, 0.3) is 0 Å². The van der Waals surface area contributed by atoms with Crippen LogP contribution in [0, 0.1) is 24.1 Å². The Kier molecular flexibility index (Phi) is 3.98. The molecule has 1 atom stereocenters. The summed E-state index contributed by atoms with van der Waals surface area (Å²) in [7, 11) is 0. The molecule has 1 N–H and O–H groups in total. The zero-order chi connectivity index (χ0) is 13.8. The van der Waals surface area contributed by atoms with E-state index in [2.05, 4.69) is 5.32 Å². The second-order valence-corrected chi connectivity index (χ2v) is 4.48. The van der Waals surface area contributed by atoms with Gasteiger partial charge in [0.05, 0.1) is 11.6 Å². The third-order valence-electron chi connectivity index (χ3n) is 2.95. The first-order chi connectivity index (χ1) is 9.10. The van der Waals surface area contributed by atoms with E-state index in [4.69, 9.17) is 9.68 Å². The lowest BCUT2D eigenvalue weighted by molar-refractivity contribution is 0.416. The number of hydrogen-bond donors (Lipinski definition) is 1. The number of aryl methyl sites for hydroxylation is 1. The Hall–Kier alpha value is -2.12. The monoisotopic (exact) mass is 258 g/mol. The van der Waals surface area contributed by atoms with Gasteiger partial charge < -0.3 is 9.73 Å². The van der Waals surface area contributed by atoms with Gasteiger partial charge in [0, 0.05) is 6.54 Å². The third kappa shape index (κ3) is 3.21. The van der Waals surface area contributed by atoms with Crippen molar-refractivity contribution in [2.75, 3.05) is 0 Å². The molecule has 0 saturated carbocycles. The molecular weight excluding hydrogens is 243 g/mol. The van der Waals surface area contributed by atoms with Crippen LogP contribution in [0.2, 0.25) is 0 Å². The highest BCUT2D eigenvalue weighted by atomic mass is 19.1. The number of nitrogens with one attached hydrogen (secondary N) is 1. The Morgan fingerprint density at radius 1 is 1.37 bits per heavy atom. The lowest BCUT2D eigenvalue weighted by Crippen LogP contribution is -2.17. The summed E-state index contributed by atoms with van der Waals surface area (Å²) in [4.78, 5) is 0. The van der Waals surface area contributed by atoms with Crippen LogP contribution < -0.4 is 5.32 Å². The summed E-state index contributed by atoms with van der Waals surface area (Å²) < 4.78 is 18.7. The van der Waals surface area contributed by atoms with Crippen LogP contribution in [-0.2, 0) is 6.54 Å². The Bertz CT molecular complexity index is 613. The maximum Gasteiger partial charge on any atom is 0.140 e. The number of benzene rings is 1. The van der Waals surface area contributed by atoms with E-state index in [0.29, 0.717) is 6.54 Å². The largest absolute Gasteiger partial charge is 0.465 e. The minimum Gasteiger partial charge on any atom is -0.465 e. The van der Waals surface area contributed by atoms with E-state index in [9.17, 15) is 4.39 Å². The van der Waals surface area contributed by atoms with Gasteiger partial charge in [-0.1, -0.05) is 6.07 Å². The van der Waals surface area contributed by atoms with Crippen molar-refractivity contribution in [2.45, 2.75) is 26.4 Å². The van der Waals surface area contributed by atoms with E-state index >= 15 is 0 Å². The molecule has 0 radical (unpaired) electrons. The number of hydrogen-bond acceptors (Lipinski definition) is 3. The molecule has 2 rings (SSSR count). The molecule has 1 heterocycles. The Labute approximate surface area is 111 Å². The molecule has 3 nitrogen and oxygen atoms in total. The first-order valence-corrected chi connectivity index (χ1v) is 6.08. The summed E-state index contributed by atoms with van der Waals surface area (Å²) in [5.41, 5.74) is 0.939. The molecule has 0 aliphatic rings. The molecule has 0 fully saturated rings. The van der Waals surface area contributed by atoms with E-state index in [-0.39, 0.29) is 11.6 Å². The van der Waals surface area contributed by atoms with Crippen LogP contribution in [0.4, 0.5) is 4.39 Å². The van der Waals surface area contributed by atoms with E-state index in [1.807, 2.05) is 32.0 Å². The van der Waals surface area contributed by atoms with Crippen molar-refractivity contribution >= 4 is 0 Å². The second kappa shape index (κ2) is 5.68. The molecule has 98 valence electrons. The van der Waals surface area contributed by atoms with Crippen LogP contribution in [0.15, 0.2) is 34.7 Å². The predicted molar refractivity (Wildman–Crippen MR) is 69.8 cm³/mol. The van der Waals surface area contributed by atoms with E-state index in [1.165, 1.54) is 6.07 Å².